The van der Waals surface area contributed by atoms with Crippen molar-refractivity contribution in [3.05, 3.63) is 26.4 Å². The van der Waals surface area contributed by atoms with Gasteiger partial charge in [0.2, 0.25) is 0 Å². The van der Waals surface area contributed by atoms with Crippen LogP contribution in [0.15, 0.2) is 11.4 Å². The number of nitrogens with zero attached hydrogens (tertiary/aromatic N) is 1. The summed E-state index contributed by atoms with van der Waals surface area (Å²) in [5.74, 6) is -0.281. The molecule has 17 heavy (non-hydrogen) atoms. The highest BCUT2D eigenvalue weighted by Gasteiger charge is 2.30. The van der Waals surface area contributed by atoms with E-state index >= 15 is 0 Å². The number of nitro groups is 1. The lowest BCUT2D eigenvalue weighted by Gasteiger charge is -2.21. The topological polar surface area (TPSA) is 69.4 Å². The van der Waals surface area contributed by atoms with Crippen molar-refractivity contribution in [3.8, 4) is 0 Å². The fourth-order valence-corrected chi connectivity index (χ4v) is 2.45. The van der Waals surface area contributed by atoms with Crippen LogP contribution in [0.1, 0.15) is 25.6 Å². The van der Waals surface area contributed by atoms with E-state index in [2.05, 4.69) is 0 Å². The van der Waals surface area contributed by atoms with E-state index in [9.17, 15) is 14.9 Å². The van der Waals surface area contributed by atoms with E-state index in [1.807, 2.05) is 0 Å². The van der Waals surface area contributed by atoms with Crippen LogP contribution in [0.3, 0.4) is 0 Å². The van der Waals surface area contributed by atoms with Crippen LogP contribution in [0.5, 0.6) is 0 Å². The zero-order chi connectivity index (χ0) is 13.1. The van der Waals surface area contributed by atoms with Gasteiger partial charge < -0.3 is 4.74 Å². The van der Waals surface area contributed by atoms with Gasteiger partial charge in [-0.1, -0.05) is 0 Å². The summed E-state index contributed by atoms with van der Waals surface area (Å²) < 4.78 is 4.96. The average Bonchev–Trinajstić information content (AvgIpc) is 2.66. The van der Waals surface area contributed by atoms with Crippen molar-refractivity contribution in [2.24, 2.45) is 5.41 Å². The highest BCUT2D eigenvalue weighted by atomic mass is 32.1. The van der Waals surface area contributed by atoms with Crippen LogP contribution >= 0.6 is 11.3 Å². The van der Waals surface area contributed by atoms with E-state index in [0.29, 0.717) is 13.0 Å². The first-order valence-electron chi connectivity index (χ1n) is 5.26. The third-order valence-electron chi connectivity index (χ3n) is 2.29. The Kier molecular flexibility index (Phi) is 4.22. The molecule has 0 aliphatic carbocycles. The van der Waals surface area contributed by atoms with Gasteiger partial charge in [-0.3, -0.25) is 14.9 Å². The molecule has 0 aliphatic rings. The number of carbonyl (C=O) groups excluding carboxylic acids is 1. The van der Waals surface area contributed by atoms with Crippen LogP contribution in [0.25, 0.3) is 0 Å². The minimum Gasteiger partial charge on any atom is -0.466 e. The van der Waals surface area contributed by atoms with E-state index in [1.165, 1.54) is 22.8 Å². The van der Waals surface area contributed by atoms with Gasteiger partial charge in [-0.05, 0) is 27.2 Å². The second kappa shape index (κ2) is 5.27. The second-order valence-electron chi connectivity index (χ2n) is 4.31. The molecule has 0 amide bonds. The Morgan fingerprint density at radius 2 is 2.24 bits per heavy atom. The van der Waals surface area contributed by atoms with Gasteiger partial charge in [-0.25, -0.2) is 0 Å². The van der Waals surface area contributed by atoms with E-state index < -0.39 is 10.3 Å². The predicted molar refractivity (Wildman–Crippen MR) is 65.1 cm³/mol. The van der Waals surface area contributed by atoms with Crippen LogP contribution in [0.2, 0.25) is 0 Å². The lowest BCUT2D eigenvalue weighted by molar-refractivity contribution is -0.384. The number of esters is 1. The van der Waals surface area contributed by atoms with E-state index in [-0.39, 0.29) is 11.7 Å². The third-order valence-corrected chi connectivity index (χ3v) is 3.22. The van der Waals surface area contributed by atoms with Gasteiger partial charge in [0.25, 0.3) is 5.69 Å². The summed E-state index contributed by atoms with van der Waals surface area (Å²) in [4.78, 5) is 22.6. The van der Waals surface area contributed by atoms with Crippen molar-refractivity contribution in [2.75, 3.05) is 6.61 Å². The Balaban J connectivity index is 2.75. The molecular weight excluding hydrogens is 242 g/mol. The molecule has 0 N–H and O–H groups in total. The Bertz CT molecular complexity index is 425. The normalized spacial score (nSPS) is 11.2. The molecule has 0 unspecified atom stereocenters. The first-order chi connectivity index (χ1) is 7.86. The molecular formula is C11H15NO4S. The molecule has 0 aromatic carbocycles. The molecule has 1 heterocycles. The first kappa shape index (κ1) is 13.6. The van der Waals surface area contributed by atoms with Crippen molar-refractivity contribution in [1.82, 2.24) is 0 Å². The lowest BCUT2D eigenvalue weighted by atomic mass is 9.89. The summed E-state index contributed by atoms with van der Waals surface area (Å²) in [5, 5.41) is 12.0. The smallest absolute Gasteiger partial charge is 0.311 e. The molecule has 0 saturated carbocycles. The Labute approximate surface area is 104 Å². The number of thiophene rings is 1. The van der Waals surface area contributed by atoms with Crippen molar-refractivity contribution in [3.63, 3.8) is 0 Å². The van der Waals surface area contributed by atoms with Gasteiger partial charge in [0.1, 0.15) is 0 Å². The summed E-state index contributed by atoms with van der Waals surface area (Å²) in [6.07, 6.45) is 0.449. The van der Waals surface area contributed by atoms with Crippen LogP contribution in [-0.2, 0) is 16.0 Å². The summed E-state index contributed by atoms with van der Waals surface area (Å²) in [6, 6.07) is 1.51. The van der Waals surface area contributed by atoms with E-state index in [1.54, 1.807) is 20.8 Å². The van der Waals surface area contributed by atoms with Gasteiger partial charge in [-0.2, -0.15) is 0 Å². The Hall–Kier alpha value is -1.43. The maximum atomic E-state index is 11.7. The van der Waals surface area contributed by atoms with Crippen LogP contribution in [0.4, 0.5) is 5.69 Å². The van der Waals surface area contributed by atoms with Crippen LogP contribution in [0, 0.1) is 15.5 Å². The third kappa shape index (κ3) is 3.52. The molecule has 94 valence electrons. The monoisotopic (exact) mass is 257 g/mol. The zero-order valence-electron chi connectivity index (χ0n) is 10.1. The van der Waals surface area contributed by atoms with Crippen molar-refractivity contribution >= 4 is 23.0 Å². The fraction of sp³-hybridized carbons (Fsp3) is 0.545. The van der Waals surface area contributed by atoms with Crippen LogP contribution < -0.4 is 0 Å². The molecule has 6 heteroatoms. The zero-order valence-corrected chi connectivity index (χ0v) is 10.9. The maximum absolute atomic E-state index is 11.7. The number of rotatable bonds is 5. The molecule has 1 aromatic heterocycles. The first-order valence-corrected chi connectivity index (χ1v) is 6.14. The number of hydrogen-bond donors (Lipinski definition) is 0. The van der Waals surface area contributed by atoms with Gasteiger partial charge >= 0.3 is 5.97 Å². The Morgan fingerprint density at radius 3 is 2.71 bits per heavy atom. The van der Waals surface area contributed by atoms with Crippen LogP contribution in [-0.4, -0.2) is 17.5 Å². The molecule has 0 radical (unpaired) electrons. The van der Waals surface area contributed by atoms with Gasteiger partial charge in [0.15, 0.2) is 0 Å². The molecule has 1 rings (SSSR count). The Morgan fingerprint density at radius 1 is 1.59 bits per heavy atom. The molecule has 0 fully saturated rings. The van der Waals surface area contributed by atoms with Gasteiger partial charge in [-0.15, -0.1) is 11.3 Å². The quantitative estimate of drug-likeness (QED) is 0.462. The van der Waals surface area contributed by atoms with Crippen molar-refractivity contribution in [1.29, 1.82) is 0 Å². The van der Waals surface area contributed by atoms with E-state index in [4.69, 9.17) is 4.74 Å². The molecule has 0 saturated heterocycles. The molecule has 1 aromatic rings. The van der Waals surface area contributed by atoms with Gasteiger partial charge in [0, 0.05) is 10.9 Å². The minimum atomic E-state index is -0.658. The molecule has 0 atom stereocenters. The molecule has 0 aliphatic heterocycles. The summed E-state index contributed by atoms with van der Waals surface area (Å²) in [7, 11) is 0. The molecule has 0 spiro atoms. The average molecular weight is 257 g/mol. The number of ether oxygens (including phenoxy) is 1. The second-order valence-corrected chi connectivity index (χ2v) is 5.31. The van der Waals surface area contributed by atoms with Gasteiger partial charge in [0.05, 0.1) is 22.3 Å². The summed E-state index contributed by atoms with van der Waals surface area (Å²) >= 11 is 1.29. The highest BCUT2D eigenvalue weighted by molar-refractivity contribution is 7.10. The van der Waals surface area contributed by atoms with Crippen molar-refractivity contribution < 1.29 is 14.5 Å². The minimum absolute atomic E-state index is 0.0738. The summed E-state index contributed by atoms with van der Waals surface area (Å²) in [6.45, 7) is 5.64. The standard InChI is InChI=1S/C11H15NO4S/c1-4-16-10(13)11(2,3)6-9-5-8(7-17-9)12(14)15/h5,7H,4,6H2,1-3H3. The lowest BCUT2D eigenvalue weighted by Crippen LogP contribution is -2.28. The largest absolute Gasteiger partial charge is 0.466 e. The fourth-order valence-electron chi connectivity index (χ4n) is 1.39. The molecule has 0 bridgehead atoms. The van der Waals surface area contributed by atoms with E-state index in [0.717, 1.165) is 4.88 Å². The number of carbonyl (C=O) groups is 1. The van der Waals surface area contributed by atoms with Crippen molar-refractivity contribution in [2.45, 2.75) is 27.2 Å². The predicted octanol–water partition coefficient (Wildman–Crippen LogP) is 2.79. The maximum Gasteiger partial charge on any atom is 0.311 e. The highest BCUT2D eigenvalue weighted by Crippen LogP contribution is 2.29. The molecule has 5 nitrogen and oxygen atoms in total. The number of hydrogen-bond acceptors (Lipinski definition) is 5. The summed E-state index contributed by atoms with van der Waals surface area (Å²) in [5.41, 5.74) is -0.584. The SMILES string of the molecule is CCOC(=O)C(C)(C)Cc1cc([N+](=O)[O-])cs1.